The molecule has 0 radical (unpaired) electrons. The Labute approximate surface area is 221 Å². The number of aliphatic hydroxyl groups excluding tert-OH is 1. The van der Waals surface area contributed by atoms with Crippen molar-refractivity contribution in [3.8, 4) is 0 Å². The van der Waals surface area contributed by atoms with Crippen molar-refractivity contribution in [2.75, 3.05) is 6.54 Å². The molecule has 1 N–H and O–H groups in total. The third-order valence-corrected chi connectivity index (χ3v) is 10.7. The first kappa shape index (κ1) is 23.6. The molecule has 5 atom stereocenters. The van der Waals surface area contributed by atoms with E-state index in [1.54, 1.807) is 5.57 Å². The molecule has 3 heteroatoms. The Balaban J connectivity index is 1.19. The first-order valence-corrected chi connectivity index (χ1v) is 14.5. The fourth-order valence-electron chi connectivity index (χ4n) is 8.73. The van der Waals surface area contributed by atoms with E-state index >= 15 is 0 Å². The molecule has 192 valence electrons. The van der Waals surface area contributed by atoms with Crippen LogP contribution in [0.25, 0.3) is 0 Å². The maximum atomic E-state index is 12.2. The quantitative estimate of drug-likeness (QED) is 0.530. The van der Waals surface area contributed by atoms with Gasteiger partial charge in [-0.2, -0.15) is 0 Å². The van der Waals surface area contributed by atoms with Crippen LogP contribution < -0.4 is 0 Å². The Bertz CT molecular complexity index is 1290. The molecule has 1 aliphatic heterocycles. The van der Waals surface area contributed by atoms with Crippen LogP contribution in [-0.4, -0.2) is 28.4 Å². The first-order chi connectivity index (χ1) is 18.0. The Hall–Kier alpha value is -2.49. The fourth-order valence-corrected chi connectivity index (χ4v) is 8.73. The number of aliphatic hydroxyl groups is 1. The van der Waals surface area contributed by atoms with Crippen LogP contribution in [0.4, 0.5) is 0 Å². The van der Waals surface area contributed by atoms with Crippen molar-refractivity contribution in [2.45, 2.75) is 83.4 Å². The fraction of sp³-hybridized carbons (Fsp3) is 0.500. The molecule has 1 heterocycles. The van der Waals surface area contributed by atoms with E-state index in [9.17, 15) is 9.90 Å². The van der Waals surface area contributed by atoms with Gasteiger partial charge in [0.1, 0.15) is 0 Å². The molecule has 2 saturated carbocycles. The lowest BCUT2D eigenvalue weighted by molar-refractivity contribution is -0.114. The molecule has 3 nitrogen and oxygen atoms in total. The topological polar surface area (TPSA) is 40.5 Å². The molecule has 0 amide bonds. The first-order valence-electron chi connectivity index (χ1n) is 14.5. The standard InChI is InChI=1S/C34H39NO2/c1-34-19-30(24-8-6-22(7-9-24)20-35-17-16-23-4-2-3-5-26(23)21-35)33-28-13-11-27(36)18-25(28)10-12-29(33)31(34)14-15-32(34)37/h2-9,18,29-32,37H,10-17,19-21H2,1H3. The van der Waals surface area contributed by atoms with Crippen LogP contribution in [0.5, 0.6) is 0 Å². The van der Waals surface area contributed by atoms with Crippen molar-refractivity contribution in [3.63, 3.8) is 0 Å². The predicted octanol–water partition coefficient (Wildman–Crippen LogP) is 6.51. The van der Waals surface area contributed by atoms with Gasteiger partial charge >= 0.3 is 0 Å². The van der Waals surface area contributed by atoms with Crippen LogP contribution in [0.1, 0.15) is 80.0 Å². The van der Waals surface area contributed by atoms with Crippen LogP contribution >= 0.6 is 0 Å². The molecule has 7 rings (SSSR count). The molecule has 2 aromatic rings. The third-order valence-electron chi connectivity index (χ3n) is 10.7. The maximum absolute atomic E-state index is 12.2. The number of benzene rings is 2. The van der Waals surface area contributed by atoms with Gasteiger partial charge in [0.2, 0.25) is 0 Å². The van der Waals surface area contributed by atoms with E-state index in [0.717, 1.165) is 64.6 Å². The summed E-state index contributed by atoms with van der Waals surface area (Å²) >= 11 is 0. The second kappa shape index (κ2) is 9.06. The summed E-state index contributed by atoms with van der Waals surface area (Å²) in [5.41, 5.74) is 10.2. The normalized spacial score (nSPS) is 33.4. The zero-order valence-electron chi connectivity index (χ0n) is 22.1. The summed E-state index contributed by atoms with van der Waals surface area (Å²) < 4.78 is 0. The summed E-state index contributed by atoms with van der Waals surface area (Å²) in [6.45, 7) is 5.50. The molecular formula is C34H39NO2. The summed E-state index contributed by atoms with van der Waals surface area (Å²) in [4.78, 5) is 14.8. The summed E-state index contributed by atoms with van der Waals surface area (Å²) in [7, 11) is 0. The van der Waals surface area contributed by atoms with Gasteiger partial charge in [-0.25, -0.2) is 0 Å². The molecular weight excluding hydrogens is 454 g/mol. The van der Waals surface area contributed by atoms with Gasteiger partial charge < -0.3 is 5.11 Å². The molecule has 5 unspecified atom stereocenters. The molecule has 37 heavy (non-hydrogen) atoms. The van der Waals surface area contributed by atoms with E-state index in [1.165, 1.54) is 33.4 Å². The molecule has 5 aliphatic rings. The smallest absolute Gasteiger partial charge is 0.156 e. The number of hydrogen-bond donors (Lipinski definition) is 1. The average Bonchev–Trinajstić information content (AvgIpc) is 3.22. The van der Waals surface area contributed by atoms with Crippen LogP contribution in [0.3, 0.4) is 0 Å². The Morgan fingerprint density at radius 1 is 0.946 bits per heavy atom. The molecule has 0 bridgehead atoms. The highest BCUT2D eigenvalue weighted by atomic mass is 16.3. The predicted molar refractivity (Wildman–Crippen MR) is 147 cm³/mol. The molecule has 0 spiro atoms. The summed E-state index contributed by atoms with van der Waals surface area (Å²) in [6, 6.07) is 18.3. The number of ketones is 1. The Morgan fingerprint density at radius 2 is 1.76 bits per heavy atom. The molecule has 0 saturated heterocycles. The second-order valence-electron chi connectivity index (χ2n) is 12.6. The number of hydrogen-bond acceptors (Lipinski definition) is 3. The number of fused-ring (bicyclic) bond motifs is 5. The zero-order chi connectivity index (χ0) is 25.1. The highest BCUT2D eigenvalue weighted by Crippen LogP contribution is 2.63. The Morgan fingerprint density at radius 3 is 2.59 bits per heavy atom. The van der Waals surface area contributed by atoms with Crippen molar-refractivity contribution in [2.24, 2.45) is 17.3 Å². The minimum atomic E-state index is -0.197. The lowest BCUT2D eigenvalue weighted by Crippen LogP contribution is -2.45. The SMILES string of the molecule is CC12CC(c3ccc(CN4CCc5ccccc5C4)cc3)C3=C4CCC(=O)C=C4CCC3C1CCC2O. The van der Waals surface area contributed by atoms with Crippen LogP contribution in [-0.2, 0) is 24.3 Å². The lowest BCUT2D eigenvalue weighted by Gasteiger charge is -2.52. The average molecular weight is 494 g/mol. The minimum absolute atomic E-state index is 0.00897. The van der Waals surface area contributed by atoms with Crippen molar-refractivity contribution in [1.29, 1.82) is 0 Å². The van der Waals surface area contributed by atoms with Crippen molar-refractivity contribution >= 4 is 5.78 Å². The summed E-state index contributed by atoms with van der Waals surface area (Å²) in [5.74, 6) is 1.77. The molecule has 4 aliphatic carbocycles. The highest BCUT2D eigenvalue weighted by molar-refractivity contribution is 5.93. The van der Waals surface area contributed by atoms with E-state index in [4.69, 9.17) is 0 Å². The zero-order valence-corrected chi connectivity index (χ0v) is 22.1. The van der Waals surface area contributed by atoms with Crippen LogP contribution in [0.15, 0.2) is 71.3 Å². The van der Waals surface area contributed by atoms with Gasteiger partial charge in [0, 0.05) is 32.0 Å². The van der Waals surface area contributed by atoms with Gasteiger partial charge in [0.05, 0.1) is 6.10 Å². The minimum Gasteiger partial charge on any atom is -0.393 e. The molecule has 2 aromatic carbocycles. The molecule has 2 fully saturated rings. The second-order valence-corrected chi connectivity index (χ2v) is 12.6. The van der Waals surface area contributed by atoms with E-state index in [-0.39, 0.29) is 11.5 Å². The van der Waals surface area contributed by atoms with Gasteiger partial charge in [-0.15, -0.1) is 0 Å². The van der Waals surface area contributed by atoms with E-state index < -0.39 is 0 Å². The third kappa shape index (κ3) is 3.97. The number of nitrogens with zero attached hydrogens (tertiary/aromatic N) is 1. The van der Waals surface area contributed by atoms with Gasteiger partial charge in [0.25, 0.3) is 0 Å². The number of carbonyl (C=O) groups is 1. The van der Waals surface area contributed by atoms with Crippen molar-refractivity contribution in [3.05, 3.63) is 93.6 Å². The maximum Gasteiger partial charge on any atom is 0.156 e. The van der Waals surface area contributed by atoms with Crippen LogP contribution in [0.2, 0.25) is 0 Å². The summed E-state index contributed by atoms with van der Waals surface area (Å²) in [6.07, 6.45) is 9.73. The largest absolute Gasteiger partial charge is 0.393 e. The number of carbonyl (C=O) groups excluding carboxylic acids is 1. The Kier molecular flexibility index (Phi) is 5.78. The number of rotatable bonds is 3. The van der Waals surface area contributed by atoms with E-state index in [2.05, 4.69) is 60.4 Å². The monoisotopic (exact) mass is 493 g/mol. The van der Waals surface area contributed by atoms with E-state index in [0.29, 0.717) is 30.0 Å². The van der Waals surface area contributed by atoms with Crippen molar-refractivity contribution in [1.82, 2.24) is 4.90 Å². The van der Waals surface area contributed by atoms with Crippen molar-refractivity contribution < 1.29 is 9.90 Å². The van der Waals surface area contributed by atoms with Gasteiger partial charge in [0.15, 0.2) is 5.78 Å². The highest BCUT2D eigenvalue weighted by Gasteiger charge is 2.56. The van der Waals surface area contributed by atoms with Gasteiger partial charge in [-0.1, -0.05) is 61.0 Å². The molecule has 0 aromatic heterocycles. The number of allylic oxidation sites excluding steroid dienone is 4. The summed E-state index contributed by atoms with van der Waals surface area (Å²) in [5, 5.41) is 11.1. The van der Waals surface area contributed by atoms with E-state index in [1.807, 2.05) is 6.08 Å². The van der Waals surface area contributed by atoms with Gasteiger partial charge in [-0.05, 0) is 102 Å². The van der Waals surface area contributed by atoms with Gasteiger partial charge in [-0.3, -0.25) is 9.69 Å². The van der Waals surface area contributed by atoms with Crippen LogP contribution in [0, 0.1) is 17.3 Å². The lowest BCUT2D eigenvalue weighted by atomic mass is 9.53.